The van der Waals surface area contributed by atoms with Crippen molar-refractivity contribution in [2.45, 2.75) is 0 Å². The summed E-state index contributed by atoms with van der Waals surface area (Å²) in [5.74, 6) is 0.628. The number of nitrogens with zero attached hydrogens (tertiary/aromatic N) is 3. The minimum atomic E-state index is 0.628. The summed E-state index contributed by atoms with van der Waals surface area (Å²) in [6, 6.07) is 53.7. The van der Waals surface area contributed by atoms with Crippen LogP contribution in [0.3, 0.4) is 0 Å². The first-order chi connectivity index (χ1) is 23.3. The van der Waals surface area contributed by atoms with E-state index in [0.717, 1.165) is 54.9 Å². The Morgan fingerprint density at radius 1 is 0.340 bits per heavy atom. The van der Waals surface area contributed by atoms with E-state index < -0.39 is 0 Å². The van der Waals surface area contributed by atoms with Gasteiger partial charge in [-0.3, -0.25) is 0 Å². The summed E-state index contributed by atoms with van der Waals surface area (Å²) in [5, 5.41) is 9.22. The minimum absolute atomic E-state index is 0.628. The van der Waals surface area contributed by atoms with Gasteiger partial charge in [0.15, 0.2) is 5.82 Å². The number of hydrogen-bond donors (Lipinski definition) is 0. The van der Waals surface area contributed by atoms with Crippen molar-refractivity contribution >= 4 is 74.9 Å². The summed E-state index contributed by atoms with van der Waals surface area (Å²) in [6.45, 7) is 0. The maximum Gasteiger partial charge on any atom is 0.179 e. The van der Waals surface area contributed by atoms with Crippen LogP contribution < -0.4 is 0 Å². The van der Waals surface area contributed by atoms with Gasteiger partial charge in [0.25, 0.3) is 0 Å². The molecule has 47 heavy (non-hydrogen) atoms. The van der Waals surface area contributed by atoms with Crippen LogP contribution in [0.5, 0.6) is 0 Å². The average Bonchev–Trinajstić information content (AvgIpc) is 3.50. The monoisotopic (exact) mass is 615 g/mol. The Labute approximate surface area is 274 Å². The van der Waals surface area contributed by atoms with E-state index in [1.807, 2.05) is 17.4 Å². The third-order valence-electron chi connectivity index (χ3n) is 9.28. The van der Waals surface area contributed by atoms with Crippen molar-refractivity contribution in [2.75, 3.05) is 0 Å². The summed E-state index contributed by atoms with van der Waals surface area (Å²) in [6.07, 6.45) is 0. The number of rotatable bonds is 3. The first kappa shape index (κ1) is 26.3. The molecule has 4 heteroatoms. The van der Waals surface area contributed by atoms with Crippen LogP contribution in [0.25, 0.3) is 97.4 Å². The Bertz CT molecular complexity index is 2850. The van der Waals surface area contributed by atoms with Gasteiger partial charge in [0.05, 0.1) is 16.7 Å². The highest BCUT2D eigenvalue weighted by atomic mass is 32.1. The van der Waals surface area contributed by atoms with E-state index in [9.17, 15) is 0 Å². The zero-order chi connectivity index (χ0) is 30.9. The molecule has 0 atom stereocenters. The SMILES string of the molecule is c1ccc(-c2cccc3c(-c4nc(-c5nc6cc7c(cc6c6ccccc56)sc5ccccc57)nc5ccccc45)cccc23)cc1. The van der Waals surface area contributed by atoms with E-state index in [4.69, 9.17) is 15.0 Å². The van der Waals surface area contributed by atoms with Crippen LogP contribution in [0.15, 0.2) is 152 Å². The number of fused-ring (bicyclic) bond motifs is 8. The Morgan fingerprint density at radius 3 is 1.85 bits per heavy atom. The molecule has 3 nitrogen and oxygen atoms in total. The molecule has 7 aromatic carbocycles. The van der Waals surface area contributed by atoms with Crippen LogP contribution in [0.4, 0.5) is 0 Å². The van der Waals surface area contributed by atoms with Crippen LogP contribution in [0.2, 0.25) is 0 Å². The average molecular weight is 616 g/mol. The second-order valence-electron chi connectivity index (χ2n) is 12.0. The quantitative estimate of drug-likeness (QED) is 0.186. The van der Waals surface area contributed by atoms with Crippen LogP contribution >= 0.6 is 11.3 Å². The summed E-state index contributed by atoms with van der Waals surface area (Å²) >= 11 is 1.83. The van der Waals surface area contributed by atoms with Crippen LogP contribution in [-0.4, -0.2) is 15.0 Å². The largest absolute Gasteiger partial charge is 0.244 e. The number of benzene rings is 7. The molecule has 218 valence electrons. The van der Waals surface area contributed by atoms with E-state index in [2.05, 4.69) is 146 Å². The van der Waals surface area contributed by atoms with Crippen molar-refractivity contribution < 1.29 is 0 Å². The van der Waals surface area contributed by atoms with Crippen LogP contribution in [0.1, 0.15) is 0 Å². The predicted octanol–water partition coefficient (Wildman–Crippen LogP) is 11.9. The highest BCUT2D eigenvalue weighted by Gasteiger charge is 2.19. The highest BCUT2D eigenvalue weighted by molar-refractivity contribution is 7.25. The molecule has 0 bridgehead atoms. The van der Waals surface area contributed by atoms with E-state index in [1.54, 1.807) is 0 Å². The second-order valence-corrected chi connectivity index (χ2v) is 13.0. The molecular formula is C43H25N3S. The van der Waals surface area contributed by atoms with E-state index >= 15 is 0 Å². The fourth-order valence-electron chi connectivity index (χ4n) is 7.12. The lowest BCUT2D eigenvalue weighted by molar-refractivity contribution is 1.21. The van der Waals surface area contributed by atoms with Crippen molar-refractivity contribution in [3.05, 3.63) is 152 Å². The van der Waals surface area contributed by atoms with Crippen LogP contribution in [0, 0.1) is 0 Å². The molecule has 0 aliphatic heterocycles. The van der Waals surface area contributed by atoms with Gasteiger partial charge in [-0.2, -0.15) is 0 Å². The molecule has 0 spiro atoms. The molecule has 0 saturated carbocycles. The Morgan fingerprint density at radius 2 is 1.00 bits per heavy atom. The van der Waals surface area contributed by atoms with Crippen molar-refractivity contribution in [2.24, 2.45) is 0 Å². The van der Waals surface area contributed by atoms with Gasteiger partial charge in [-0.25, -0.2) is 15.0 Å². The third-order valence-corrected chi connectivity index (χ3v) is 10.4. The first-order valence-electron chi connectivity index (χ1n) is 15.8. The number of hydrogen-bond acceptors (Lipinski definition) is 4. The van der Waals surface area contributed by atoms with Crippen molar-refractivity contribution in [3.63, 3.8) is 0 Å². The maximum absolute atomic E-state index is 5.38. The number of thiophene rings is 1. The molecule has 10 aromatic rings. The summed E-state index contributed by atoms with van der Waals surface area (Å²) in [4.78, 5) is 15.9. The van der Waals surface area contributed by atoms with Crippen LogP contribution in [-0.2, 0) is 0 Å². The Hall–Kier alpha value is -5.97. The number of aromatic nitrogens is 3. The van der Waals surface area contributed by atoms with Crippen molar-refractivity contribution in [3.8, 4) is 33.9 Å². The van der Waals surface area contributed by atoms with E-state index in [0.29, 0.717) is 5.82 Å². The molecule has 0 fully saturated rings. The van der Waals surface area contributed by atoms with Gasteiger partial charge in [-0.15, -0.1) is 11.3 Å². The molecule has 3 heterocycles. The lowest BCUT2D eigenvalue weighted by atomic mass is 9.93. The van der Waals surface area contributed by atoms with Gasteiger partial charge in [0, 0.05) is 41.9 Å². The third kappa shape index (κ3) is 4.09. The molecule has 3 aromatic heterocycles. The molecule has 10 rings (SSSR count). The van der Waals surface area contributed by atoms with Gasteiger partial charge in [0.1, 0.15) is 5.69 Å². The lowest BCUT2D eigenvalue weighted by Gasteiger charge is -2.14. The summed E-state index contributed by atoms with van der Waals surface area (Å²) in [5.41, 5.74) is 7.04. The van der Waals surface area contributed by atoms with E-state index in [-0.39, 0.29) is 0 Å². The van der Waals surface area contributed by atoms with E-state index in [1.165, 1.54) is 36.7 Å². The lowest BCUT2D eigenvalue weighted by Crippen LogP contribution is -1.99. The summed E-state index contributed by atoms with van der Waals surface area (Å²) in [7, 11) is 0. The highest BCUT2D eigenvalue weighted by Crippen LogP contribution is 2.41. The molecule has 0 amide bonds. The maximum atomic E-state index is 5.38. The molecule has 0 aliphatic carbocycles. The van der Waals surface area contributed by atoms with Gasteiger partial charge < -0.3 is 0 Å². The number of para-hydroxylation sites is 1. The van der Waals surface area contributed by atoms with Gasteiger partial charge >= 0.3 is 0 Å². The zero-order valence-corrected chi connectivity index (χ0v) is 26.0. The first-order valence-corrected chi connectivity index (χ1v) is 16.6. The fraction of sp³-hybridized carbons (Fsp3) is 0. The Kier molecular flexibility index (Phi) is 5.74. The molecule has 0 saturated heterocycles. The number of pyridine rings is 1. The van der Waals surface area contributed by atoms with Crippen molar-refractivity contribution in [1.29, 1.82) is 0 Å². The zero-order valence-electron chi connectivity index (χ0n) is 25.2. The van der Waals surface area contributed by atoms with Gasteiger partial charge in [-0.05, 0) is 51.6 Å². The van der Waals surface area contributed by atoms with Crippen molar-refractivity contribution in [1.82, 2.24) is 15.0 Å². The predicted molar refractivity (Wildman–Crippen MR) is 199 cm³/mol. The smallest absolute Gasteiger partial charge is 0.179 e. The normalized spacial score (nSPS) is 11.8. The topological polar surface area (TPSA) is 38.7 Å². The molecular weight excluding hydrogens is 591 g/mol. The standard InChI is InChI=1S/C43H25N3S/c1-2-12-26(13-3-1)27-18-10-20-29-28(27)19-11-21-32(29)41-34-17-6-8-22-37(34)45-43(46-41)42-33-16-5-4-14-30(33)35-25-40-36(24-38(35)44-42)31-15-7-9-23-39(31)47-40/h1-25H. The minimum Gasteiger partial charge on any atom is -0.244 e. The fourth-order valence-corrected chi connectivity index (χ4v) is 8.24. The molecule has 0 unspecified atom stereocenters. The Balaban J connectivity index is 1.26. The summed E-state index contributed by atoms with van der Waals surface area (Å²) < 4.78 is 2.56. The molecule has 0 radical (unpaired) electrons. The molecule has 0 aliphatic rings. The van der Waals surface area contributed by atoms with Gasteiger partial charge in [-0.1, -0.05) is 127 Å². The second kappa shape index (κ2) is 10.3. The van der Waals surface area contributed by atoms with Gasteiger partial charge in [0.2, 0.25) is 0 Å². The molecule has 0 N–H and O–H groups in total.